The van der Waals surface area contributed by atoms with E-state index < -0.39 is 10.0 Å². The summed E-state index contributed by atoms with van der Waals surface area (Å²) in [6, 6.07) is 4.75. The van der Waals surface area contributed by atoms with Crippen molar-refractivity contribution in [1.82, 2.24) is 10.0 Å². The van der Waals surface area contributed by atoms with Crippen LogP contribution in [0.1, 0.15) is 13.3 Å². The Morgan fingerprint density at radius 2 is 2.25 bits per heavy atom. The van der Waals surface area contributed by atoms with E-state index in [9.17, 15) is 8.42 Å². The minimum absolute atomic E-state index is 0. The Morgan fingerprint density at radius 1 is 1.50 bits per heavy atom. The molecular formula is C12H18BrClN2O3S. The summed E-state index contributed by atoms with van der Waals surface area (Å²) in [5.41, 5.74) is 0. The lowest BCUT2D eigenvalue weighted by Crippen LogP contribution is -2.36. The van der Waals surface area contributed by atoms with E-state index in [-0.39, 0.29) is 23.3 Å². The molecule has 0 bridgehead atoms. The number of hydrogen-bond donors (Lipinski definition) is 2. The molecule has 1 aromatic rings. The highest BCUT2D eigenvalue weighted by Gasteiger charge is 2.23. The van der Waals surface area contributed by atoms with Crippen molar-refractivity contribution in [2.24, 2.45) is 0 Å². The van der Waals surface area contributed by atoms with E-state index in [1.807, 2.05) is 6.92 Å². The molecule has 0 spiro atoms. The summed E-state index contributed by atoms with van der Waals surface area (Å²) in [6.45, 7) is 3.94. The molecule has 1 heterocycles. The maximum atomic E-state index is 12.2. The summed E-state index contributed by atoms with van der Waals surface area (Å²) < 4.78 is 33.1. The van der Waals surface area contributed by atoms with Crippen molar-refractivity contribution in [3.05, 3.63) is 22.7 Å². The summed E-state index contributed by atoms with van der Waals surface area (Å²) >= 11 is 3.32. The summed E-state index contributed by atoms with van der Waals surface area (Å²) in [6.07, 6.45) is 0.817. The Balaban J connectivity index is 0.00000200. The summed E-state index contributed by atoms with van der Waals surface area (Å²) in [7, 11) is -3.47. The second kappa shape index (κ2) is 7.61. The lowest BCUT2D eigenvalue weighted by molar-refractivity contribution is 0.338. The standard InChI is InChI=1S/C12H17BrN2O3S.ClH/c1-2-18-12-4-3-10(7-11(12)13)19(16,17)15-9-5-6-14-8-9;/h3-4,7,9,14-15H,2,5-6,8H2,1H3;1H. The quantitative estimate of drug-likeness (QED) is 0.812. The summed E-state index contributed by atoms with van der Waals surface area (Å²) in [5, 5.41) is 3.13. The first-order chi connectivity index (χ1) is 9.03. The van der Waals surface area contributed by atoms with Crippen LogP contribution in [0.25, 0.3) is 0 Å². The zero-order chi connectivity index (χ0) is 13.9. The minimum Gasteiger partial charge on any atom is -0.493 e. The van der Waals surface area contributed by atoms with Crippen molar-refractivity contribution in [3.8, 4) is 5.75 Å². The molecule has 8 heteroatoms. The number of halogens is 2. The van der Waals surface area contributed by atoms with Crippen LogP contribution >= 0.6 is 28.3 Å². The number of ether oxygens (including phenoxy) is 1. The summed E-state index contributed by atoms with van der Waals surface area (Å²) in [4.78, 5) is 0.245. The molecule has 0 radical (unpaired) electrons. The van der Waals surface area contributed by atoms with Gasteiger partial charge >= 0.3 is 0 Å². The molecule has 1 unspecified atom stereocenters. The van der Waals surface area contributed by atoms with E-state index in [1.54, 1.807) is 18.2 Å². The highest BCUT2D eigenvalue weighted by Crippen LogP contribution is 2.27. The van der Waals surface area contributed by atoms with Crippen LogP contribution in [0.15, 0.2) is 27.6 Å². The van der Waals surface area contributed by atoms with Crippen LogP contribution in [0.3, 0.4) is 0 Å². The van der Waals surface area contributed by atoms with Gasteiger partial charge in [0.15, 0.2) is 0 Å². The second-order valence-corrected chi connectivity index (χ2v) is 6.90. The van der Waals surface area contributed by atoms with Crippen LogP contribution in [-0.2, 0) is 10.0 Å². The fourth-order valence-corrected chi connectivity index (χ4v) is 3.91. The van der Waals surface area contributed by atoms with E-state index in [1.165, 1.54) is 0 Å². The largest absolute Gasteiger partial charge is 0.493 e. The monoisotopic (exact) mass is 384 g/mol. The number of hydrogen-bond acceptors (Lipinski definition) is 4. The fraction of sp³-hybridized carbons (Fsp3) is 0.500. The van der Waals surface area contributed by atoms with E-state index >= 15 is 0 Å². The third kappa shape index (κ3) is 4.33. The zero-order valence-corrected chi connectivity index (χ0v) is 14.3. The first-order valence-corrected chi connectivity index (χ1v) is 8.46. The van der Waals surface area contributed by atoms with Gasteiger partial charge in [-0.2, -0.15) is 0 Å². The average molecular weight is 386 g/mol. The van der Waals surface area contributed by atoms with Gasteiger partial charge in [-0.15, -0.1) is 12.4 Å². The van der Waals surface area contributed by atoms with E-state index in [0.717, 1.165) is 13.0 Å². The molecule has 1 fully saturated rings. The van der Waals surface area contributed by atoms with E-state index in [0.29, 0.717) is 23.4 Å². The SMILES string of the molecule is CCOc1ccc(S(=O)(=O)NC2CCNC2)cc1Br.Cl. The molecule has 1 saturated heterocycles. The van der Waals surface area contributed by atoms with Crippen molar-refractivity contribution in [1.29, 1.82) is 0 Å². The minimum atomic E-state index is -3.47. The Morgan fingerprint density at radius 3 is 2.80 bits per heavy atom. The third-order valence-electron chi connectivity index (χ3n) is 2.90. The van der Waals surface area contributed by atoms with Crippen molar-refractivity contribution in [2.75, 3.05) is 19.7 Å². The van der Waals surface area contributed by atoms with Gasteiger partial charge in [-0.05, 0) is 54.0 Å². The molecule has 2 rings (SSSR count). The average Bonchev–Trinajstić information content (AvgIpc) is 2.84. The number of nitrogens with one attached hydrogen (secondary N) is 2. The summed E-state index contributed by atoms with van der Waals surface area (Å²) in [5.74, 6) is 0.643. The molecule has 0 amide bonds. The topological polar surface area (TPSA) is 67.4 Å². The van der Waals surface area contributed by atoms with Crippen molar-refractivity contribution < 1.29 is 13.2 Å². The van der Waals surface area contributed by atoms with Gasteiger partial charge in [-0.1, -0.05) is 0 Å². The van der Waals surface area contributed by atoms with Crippen LogP contribution in [-0.4, -0.2) is 34.2 Å². The normalized spacial score (nSPS) is 18.6. The molecule has 1 aliphatic heterocycles. The van der Waals surface area contributed by atoms with E-state index in [2.05, 4.69) is 26.0 Å². The van der Waals surface area contributed by atoms with Crippen molar-refractivity contribution in [2.45, 2.75) is 24.3 Å². The lowest BCUT2D eigenvalue weighted by Gasteiger charge is -2.13. The van der Waals surface area contributed by atoms with E-state index in [4.69, 9.17) is 4.74 Å². The van der Waals surface area contributed by atoms with Gasteiger partial charge in [-0.3, -0.25) is 0 Å². The predicted molar refractivity (Wildman–Crippen MR) is 84.2 cm³/mol. The molecule has 0 aliphatic carbocycles. The highest BCUT2D eigenvalue weighted by molar-refractivity contribution is 9.10. The molecule has 1 atom stereocenters. The molecule has 5 nitrogen and oxygen atoms in total. The molecule has 2 N–H and O–H groups in total. The smallest absolute Gasteiger partial charge is 0.240 e. The van der Waals surface area contributed by atoms with Gasteiger partial charge in [-0.25, -0.2) is 13.1 Å². The van der Waals surface area contributed by atoms with Gasteiger partial charge in [0, 0.05) is 12.6 Å². The van der Waals surface area contributed by atoms with Crippen LogP contribution < -0.4 is 14.8 Å². The zero-order valence-electron chi connectivity index (χ0n) is 11.1. The van der Waals surface area contributed by atoms with Crippen LogP contribution in [0.2, 0.25) is 0 Å². The molecule has 0 aromatic heterocycles. The van der Waals surface area contributed by atoms with Gasteiger partial charge in [0.1, 0.15) is 5.75 Å². The van der Waals surface area contributed by atoms with Gasteiger partial charge in [0.2, 0.25) is 10.0 Å². The molecular weight excluding hydrogens is 368 g/mol. The van der Waals surface area contributed by atoms with Gasteiger partial charge < -0.3 is 10.1 Å². The molecule has 1 aromatic carbocycles. The van der Waals surface area contributed by atoms with Crippen molar-refractivity contribution >= 4 is 38.4 Å². The van der Waals surface area contributed by atoms with Crippen LogP contribution in [0.4, 0.5) is 0 Å². The predicted octanol–water partition coefficient (Wildman–Crippen LogP) is 1.91. The highest BCUT2D eigenvalue weighted by atomic mass is 79.9. The maximum absolute atomic E-state index is 12.2. The van der Waals surface area contributed by atoms with Crippen LogP contribution in [0, 0.1) is 0 Å². The first kappa shape index (κ1) is 17.7. The number of sulfonamides is 1. The molecule has 0 saturated carbocycles. The van der Waals surface area contributed by atoms with Gasteiger partial charge in [0.05, 0.1) is 16.0 Å². The number of benzene rings is 1. The van der Waals surface area contributed by atoms with Crippen molar-refractivity contribution in [3.63, 3.8) is 0 Å². The molecule has 1 aliphatic rings. The maximum Gasteiger partial charge on any atom is 0.240 e. The first-order valence-electron chi connectivity index (χ1n) is 6.18. The lowest BCUT2D eigenvalue weighted by atomic mass is 10.3. The van der Waals surface area contributed by atoms with Crippen LogP contribution in [0.5, 0.6) is 5.75 Å². The van der Waals surface area contributed by atoms with Gasteiger partial charge in [0.25, 0.3) is 0 Å². The molecule has 114 valence electrons. The second-order valence-electron chi connectivity index (χ2n) is 4.34. The third-order valence-corrected chi connectivity index (χ3v) is 5.03. The number of rotatable bonds is 5. The fourth-order valence-electron chi connectivity index (χ4n) is 1.96. The Bertz CT molecular complexity index is 548. The Labute approximate surface area is 134 Å². The molecule has 20 heavy (non-hydrogen) atoms. The Kier molecular flexibility index (Phi) is 6.74. The Hall–Kier alpha value is -0.340.